The smallest absolute Gasteiger partial charge is 0.247 e. The van der Waals surface area contributed by atoms with Crippen molar-refractivity contribution in [3.8, 4) is 0 Å². The van der Waals surface area contributed by atoms with Crippen LogP contribution in [0.25, 0.3) is 6.08 Å². The zero-order valence-corrected chi connectivity index (χ0v) is 20.1. The summed E-state index contributed by atoms with van der Waals surface area (Å²) in [6.45, 7) is 2.03. The molecule has 0 atom stereocenters. The molecule has 0 saturated carbocycles. The predicted octanol–water partition coefficient (Wildman–Crippen LogP) is 5.15. The highest BCUT2D eigenvalue weighted by Gasteiger charge is 2.24. The molecule has 0 radical (unpaired) electrons. The standard InChI is InChI=1S/C25H28N2O4S2/c28-25(26(19-22-7-5-17-31-22)20-23-8-6-18-32-23)14-11-21-9-12-24(13-10-21)33(29,30)27-15-3-1-2-4-16-27/h5-14,17-18H,1-4,15-16,19-20H2/b14-11+. The number of thiophene rings is 1. The third kappa shape index (κ3) is 6.22. The first-order valence-corrected chi connectivity index (χ1v) is 13.5. The molecule has 2 aromatic heterocycles. The van der Waals surface area contributed by atoms with Crippen LogP contribution >= 0.6 is 11.3 Å². The largest absolute Gasteiger partial charge is 0.467 e. The van der Waals surface area contributed by atoms with Gasteiger partial charge in [0.25, 0.3) is 0 Å². The first-order chi connectivity index (χ1) is 16.0. The lowest BCUT2D eigenvalue weighted by Crippen LogP contribution is -2.31. The molecule has 33 heavy (non-hydrogen) atoms. The van der Waals surface area contributed by atoms with Gasteiger partial charge in [-0.05, 0) is 60.2 Å². The maximum atomic E-state index is 12.9. The molecular formula is C25H28N2O4S2. The number of hydrogen-bond donors (Lipinski definition) is 0. The monoisotopic (exact) mass is 484 g/mol. The number of carbonyl (C=O) groups excluding carboxylic acids is 1. The van der Waals surface area contributed by atoms with E-state index in [1.54, 1.807) is 63.2 Å². The molecule has 0 aliphatic carbocycles. The van der Waals surface area contributed by atoms with Crippen LogP contribution in [-0.2, 0) is 27.9 Å². The normalized spacial score (nSPS) is 15.5. The molecule has 0 bridgehead atoms. The molecule has 1 aliphatic heterocycles. The van der Waals surface area contributed by atoms with E-state index in [-0.39, 0.29) is 5.91 Å². The first kappa shape index (κ1) is 23.5. The van der Waals surface area contributed by atoms with Gasteiger partial charge in [0.2, 0.25) is 15.9 Å². The highest BCUT2D eigenvalue weighted by Crippen LogP contribution is 2.21. The predicted molar refractivity (Wildman–Crippen MR) is 130 cm³/mol. The van der Waals surface area contributed by atoms with Crippen molar-refractivity contribution in [2.45, 2.75) is 43.7 Å². The van der Waals surface area contributed by atoms with Crippen molar-refractivity contribution in [2.75, 3.05) is 13.1 Å². The highest BCUT2D eigenvalue weighted by molar-refractivity contribution is 7.89. The third-order valence-corrected chi connectivity index (χ3v) is 8.44. The first-order valence-electron chi connectivity index (χ1n) is 11.1. The van der Waals surface area contributed by atoms with Crippen molar-refractivity contribution in [3.05, 3.63) is 82.5 Å². The van der Waals surface area contributed by atoms with Gasteiger partial charge in [0.05, 0.1) is 24.2 Å². The topological polar surface area (TPSA) is 70.8 Å². The Kier molecular flexibility index (Phi) is 7.80. The van der Waals surface area contributed by atoms with Crippen LogP contribution in [0.2, 0.25) is 0 Å². The van der Waals surface area contributed by atoms with Gasteiger partial charge in [0.15, 0.2) is 0 Å². The summed E-state index contributed by atoms with van der Waals surface area (Å²) >= 11 is 1.60. The lowest BCUT2D eigenvalue weighted by Gasteiger charge is -2.20. The highest BCUT2D eigenvalue weighted by atomic mass is 32.2. The van der Waals surface area contributed by atoms with Gasteiger partial charge >= 0.3 is 0 Å². The third-order valence-electron chi connectivity index (χ3n) is 5.67. The molecule has 1 aromatic carbocycles. The van der Waals surface area contributed by atoms with E-state index < -0.39 is 10.0 Å². The van der Waals surface area contributed by atoms with Gasteiger partial charge in [-0.25, -0.2) is 8.42 Å². The number of amides is 1. The van der Waals surface area contributed by atoms with Crippen LogP contribution in [0.1, 0.15) is 41.9 Å². The second kappa shape index (κ2) is 11.0. The summed E-state index contributed by atoms with van der Waals surface area (Å²) in [7, 11) is -3.48. The number of hydrogen-bond acceptors (Lipinski definition) is 5. The fourth-order valence-corrected chi connectivity index (χ4v) is 6.08. The van der Waals surface area contributed by atoms with Gasteiger partial charge in [-0.2, -0.15) is 4.31 Å². The molecule has 6 nitrogen and oxygen atoms in total. The average Bonchev–Trinajstić information content (AvgIpc) is 3.46. The van der Waals surface area contributed by atoms with Crippen molar-refractivity contribution in [2.24, 2.45) is 0 Å². The van der Waals surface area contributed by atoms with Crippen LogP contribution in [0.3, 0.4) is 0 Å². The minimum absolute atomic E-state index is 0.138. The molecule has 0 unspecified atom stereocenters. The Bertz CT molecular complexity index is 1110. The quantitative estimate of drug-likeness (QED) is 0.415. The summed E-state index contributed by atoms with van der Waals surface area (Å²) in [4.78, 5) is 16.0. The summed E-state index contributed by atoms with van der Waals surface area (Å²) in [5, 5.41) is 1.99. The van der Waals surface area contributed by atoms with E-state index in [2.05, 4.69) is 0 Å². The summed E-state index contributed by atoms with van der Waals surface area (Å²) in [6, 6.07) is 14.3. The van der Waals surface area contributed by atoms with E-state index in [1.165, 1.54) is 6.08 Å². The van der Waals surface area contributed by atoms with Gasteiger partial charge < -0.3 is 9.32 Å². The Labute approximate surface area is 199 Å². The number of sulfonamides is 1. The molecule has 0 N–H and O–H groups in total. The Morgan fingerprint density at radius 1 is 1.00 bits per heavy atom. The van der Waals surface area contributed by atoms with Crippen LogP contribution in [0, 0.1) is 0 Å². The van der Waals surface area contributed by atoms with Gasteiger partial charge in [-0.1, -0.05) is 31.0 Å². The Hall–Kier alpha value is -2.68. The lowest BCUT2D eigenvalue weighted by molar-refractivity contribution is -0.127. The Morgan fingerprint density at radius 2 is 1.76 bits per heavy atom. The van der Waals surface area contributed by atoms with E-state index in [4.69, 9.17) is 4.42 Å². The van der Waals surface area contributed by atoms with Gasteiger partial charge in [0.1, 0.15) is 5.76 Å². The van der Waals surface area contributed by atoms with Crippen molar-refractivity contribution in [1.29, 1.82) is 0 Å². The maximum Gasteiger partial charge on any atom is 0.247 e. The van der Waals surface area contributed by atoms with Crippen LogP contribution in [-0.4, -0.2) is 36.6 Å². The zero-order valence-electron chi connectivity index (χ0n) is 18.4. The Balaban J connectivity index is 1.44. The molecule has 3 heterocycles. The number of benzene rings is 1. The van der Waals surface area contributed by atoms with Gasteiger partial charge in [-0.15, -0.1) is 11.3 Å². The zero-order chi connectivity index (χ0) is 23.1. The molecule has 1 saturated heterocycles. The minimum atomic E-state index is -3.48. The van der Waals surface area contributed by atoms with Gasteiger partial charge in [0, 0.05) is 24.0 Å². The molecule has 1 aliphatic rings. The lowest BCUT2D eigenvalue weighted by atomic mass is 10.2. The SMILES string of the molecule is O=C(/C=C/c1ccc(S(=O)(=O)N2CCCCCC2)cc1)N(Cc1ccco1)Cc1cccs1. The molecule has 3 aromatic rings. The molecule has 4 rings (SSSR count). The van der Waals surface area contributed by atoms with Crippen LogP contribution in [0.15, 0.2) is 75.6 Å². The van der Waals surface area contributed by atoms with Crippen LogP contribution in [0.4, 0.5) is 0 Å². The van der Waals surface area contributed by atoms with E-state index >= 15 is 0 Å². The van der Waals surface area contributed by atoms with E-state index in [0.29, 0.717) is 31.1 Å². The van der Waals surface area contributed by atoms with Crippen molar-refractivity contribution in [1.82, 2.24) is 9.21 Å². The van der Waals surface area contributed by atoms with Gasteiger partial charge in [-0.3, -0.25) is 4.79 Å². The molecular weight excluding hydrogens is 456 g/mol. The number of furan rings is 1. The van der Waals surface area contributed by atoms with Crippen LogP contribution < -0.4 is 0 Å². The maximum absolute atomic E-state index is 12.9. The summed E-state index contributed by atoms with van der Waals surface area (Å²) in [5.74, 6) is 0.581. The van der Waals surface area contributed by atoms with Crippen molar-refractivity contribution < 1.29 is 17.6 Å². The number of carbonyl (C=O) groups is 1. The van der Waals surface area contributed by atoms with Crippen molar-refractivity contribution in [3.63, 3.8) is 0 Å². The Morgan fingerprint density at radius 3 is 2.39 bits per heavy atom. The van der Waals surface area contributed by atoms with E-state index in [9.17, 15) is 13.2 Å². The summed E-state index contributed by atoms with van der Waals surface area (Å²) in [6.07, 6.45) is 8.80. The summed E-state index contributed by atoms with van der Waals surface area (Å²) in [5.41, 5.74) is 0.771. The molecule has 1 fully saturated rings. The average molecular weight is 485 g/mol. The van der Waals surface area contributed by atoms with E-state index in [1.807, 2.05) is 23.6 Å². The van der Waals surface area contributed by atoms with Crippen LogP contribution in [0.5, 0.6) is 0 Å². The minimum Gasteiger partial charge on any atom is -0.467 e. The second-order valence-corrected chi connectivity index (χ2v) is 11.0. The number of nitrogens with zero attached hydrogens (tertiary/aromatic N) is 2. The molecule has 1 amide bonds. The molecule has 174 valence electrons. The second-order valence-electron chi connectivity index (χ2n) is 8.07. The molecule has 0 spiro atoms. The fourth-order valence-electron chi connectivity index (χ4n) is 3.85. The van der Waals surface area contributed by atoms with E-state index in [0.717, 1.165) is 41.9 Å². The summed E-state index contributed by atoms with van der Waals surface area (Å²) < 4.78 is 32.9. The number of rotatable bonds is 8. The van der Waals surface area contributed by atoms with Crippen molar-refractivity contribution >= 4 is 33.3 Å². The fraction of sp³-hybridized carbons (Fsp3) is 0.320. The molecule has 8 heteroatoms.